The summed E-state index contributed by atoms with van der Waals surface area (Å²) >= 11 is 1.88. The minimum atomic E-state index is 0.115. The van der Waals surface area contributed by atoms with Crippen LogP contribution in [0.2, 0.25) is 0 Å². The Morgan fingerprint density at radius 1 is 1.25 bits per heavy atom. The van der Waals surface area contributed by atoms with Gasteiger partial charge in [-0.25, -0.2) is 4.98 Å². The molecule has 0 spiro atoms. The van der Waals surface area contributed by atoms with Crippen LogP contribution >= 0.6 is 11.3 Å². The Balaban J connectivity index is 1.99. The summed E-state index contributed by atoms with van der Waals surface area (Å²) in [5.41, 5.74) is 1.69. The van der Waals surface area contributed by atoms with Crippen molar-refractivity contribution in [3.05, 3.63) is 16.1 Å². The minimum absolute atomic E-state index is 0.115. The molecule has 0 amide bonds. The highest BCUT2D eigenvalue weighted by atomic mass is 32.1. The van der Waals surface area contributed by atoms with Crippen LogP contribution in [-0.2, 0) is 5.54 Å². The number of nitrogens with zero attached hydrogens (tertiary/aromatic N) is 1. The first-order valence-electron chi connectivity index (χ1n) is 8.18. The average Bonchev–Trinajstić information content (AvgIpc) is 3.04. The van der Waals surface area contributed by atoms with Gasteiger partial charge in [0.1, 0.15) is 5.01 Å². The zero-order valence-corrected chi connectivity index (χ0v) is 14.1. The topological polar surface area (TPSA) is 24.9 Å². The third-order valence-corrected chi connectivity index (χ3v) is 6.29. The van der Waals surface area contributed by atoms with Crippen LogP contribution in [0.3, 0.4) is 0 Å². The van der Waals surface area contributed by atoms with Crippen LogP contribution in [0.15, 0.2) is 5.38 Å². The van der Waals surface area contributed by atoms with E-state index in [0.29, 0.717) is 11.3 Å². The molecule has 2 aliphatic rings. The first kappa shape index (κ1) is 14.5. The van der Waals surface area contributed by atoms with Gasteiger partial charge in [0, 0.05) is 11.4 Å². The molecule has 20 heavy (non-hydrogen) atoms. The second kappa shape index (κ2) is 5.10. The van der Waals surface area contributed by atoms with E-state index in [2.05, 4.69) is 38.4 Å². The number of thiazole rings is 1. The summed E-state index contributed by atoms with van der Waals surface area (Å²) in [5, 5.41) is 7.64. The summed E-state index contributed by atoms with van der Waals surface area (Å²) in [7, 11) is 0. The molecular weight excluding hydrogens is 264 g/mol. The summed E-state index contributed by atoms with van der Waals surface area (Å²) in [6.45, 7) is 9.37. The van der Waals surface area contributed by atoms with Gasteiger partial charge in [-0.2, -0.15) is 0 Å². The average molecular weight is 292 g/mol. The normalized spacial score (nSPS) is 29.9. The predicted molar refractivity (Wildman–Crippen MR) is 86.3 cm³/mol. The largest absolute Gasteiger partial charge is 0.302 e. The molecule has 2 fully saturated rings. The molecule has 3 rings (SSSR count). The van der Waals surface area contributed by atoms with E-state index >= 15 is 0 Å². The fraction of sp³-hybridized carbons (Fsp3) is 0.824. The number of hydrogen-bond donors (Lipinski definition) is 1. The zero-order chi connectivity index (χ0) is 14.4. The number of nitrogens with one attached hydrogen (secondary N) is 1. The second-order valence-corrected chi connectivity index (χ2v) is 8.51. The van der Waals surface area contributed by atoms with Crippen molar-refractivity contribution < 1.29 is 0 Å². The Hall–Kier alpha value is -0.410. The maximum absolute atomic E-state index is 5.04. The van der Waals surface area contributed by atoms with Crippen molar-refractivity contribution in [2.24, 2.45) is 5.41 Å². The molecule has 2 saturated carbocycles. The highest BCUT2D eigenvalue weighted by Gasteiger charge is 2.51. The molecule has 0 radical (unpaired) electrons. The van der Waals surface area contributed by atoms with Crippen LogP contribution in [0.5, 0.6) is 0 Å². The fourth-order valence-electron chi connectivity index (χ4n) is 3.56. The fourth-order valence-corrected chi connectivity index (χ4v) is 4.91. The van der Waals surface area contributed by atoms with Gasteiger partial charge in [0.25, 0.3) is 0 Å². The summed E-state index contributed by atoms with van der Waals surface area (Å²) in [6.07, 6.45) is 7.95. The molecule has 2 aliphatic carbocycles. The van der Waals surface area contributed by atoms with Gasteiger partial charge in [0.15, 0.2) is 0 Å². The van der Waals surface area contributed by atoms with Crippen molar-refractivity contribution >= 4 is 11.3 Å². The van der Waals surface area contributed by atoms with Gasteiger partial charge in [-0.1, -0.05) is 40.5 Å². The third-order valence-electron chi connectivity index (χ3n) is 5.27. The standard InChI is InChI=1S/C17H28N2S/c1-12(2)14-11-20-15(18-14)17(19-13-7-8-13)10-6-5-9-16(17,3)4/h11-13,19H,5-10H2,1-4H3. The maximum Gasteiger partial charge on any atom is 0.114 e. The van der Waals surface area contributed by atoms with Crippen molar-refractivity contribution in [3.63, 3.8) is 0 Å². The van der Waals surface area contributed by atoms with Crippen LogP contribution in [-0.4, -0.2) is 11.0 Å². The van der Waals surface area contributed by atoms with Crippen molar-refractivity contribution in [3.8, 4) is 0 Å². The molecule has 0 aromatic carbocycles. The summed E-state index contributed by atoms with van der Waals surface area (Å²) in [6, 6.07) is 0.735. The van der Waals surface area contributed by atoms with Crippen LogP contribution < -0.4 is 5.32 Å². The smallest absolute Gasteiger partial charge is 0.114 e. The molecule has 2 nitrogen and oxygen atoms in total. The molecule has 112 valence electrons. The number of rotatable bonds is 4. The van der Waals surface area contributed by atoms with E-state index in [1.807, 2.05) is 11.3 Å². The third kappa shape index (κ3) is 2.43. The van der Waals surface area contributed by atoms with Crippen molar-refractivity contribution in [1.29, 1.82) is 0 Å². The van der Waals surface area contributed by atoms with Gasteiger partial charge in [-0.05, 0) is 37.0 Å². The van der Waals surface area contributed by atoms with Gasteiger partial charge < -0.3 is 5.32 Å². The molecular formula is C17H28N2S. The molecule has 1 atom stereocenters. The molecule has 3 heteroatoms. The monoisotopic (exact) mass is 292 g/mol. The van der Waals surface area contributed by atoms with Crippen LogP contribution in [0.25, 0.3) is 0 Å². The van der Waals surface area contributed by atoms with Gasteiger partial charge in [0.2, 0.25) is 0 Å². The van der Waals surface area contributed by atoms with Crippen molar-refractivity contribution in [1.82, 2.24) is 10.3 Å². The minimum Gasteiger partial charge on any atom is -0.302 e. The second-order valence-electron chi connectivity index (χ2n) is 7.65. The Morgan fingerprint density at radius 2 is 1.95 bits per heavy atom. The predicted octanol–water partition coefficient (Wildman–Crippen LogP) is 4.81. The van der Waals surface area contributed by atoms with E-state index in [1.54, 1.807) is 0 Å². The van der Waals surface area contributed by atoms with E-state index in [-0.39, 0.29) is 5.54 Å². The molecule has 1 aromatic heterocycles. The Bertz CT molecular complexity index is 473. The molecule has 1 N–H and O–H groups in total. The van der Waals surface area contributed by atoms with Crippen LogP contribution in [0.4, 0.5) is 0 Å². The highest BCUT2D eigenvalue weighted by molar-refractivity contribution is 7.09. The summed E-state index contributed by atoms with van der Waals surface area (Å²) < 4.78 is 0. The zero-order valence-electron chi connectivity index (χ0n) is 13.3. The van der Waals surface area contributed by atoms with E-state index in [0.717, 1.165) is 6.04 Å². The first-order chi connectivity index (χ1) is 9.45. The SMILES string of the molecule is CC(C)c1csc(C2(NC3CC3)CCCCC2(C)C)n1. The highest BCUT2D eigenvalue weighted by Crippen LogP contribution is 2.52. The van der Waals surface area contributed by atoms with Crippen LogP contribution in [0.1, 0.15) is 82.8 Å². The van der Waals surface area contributed by atoms with Gasteiger partial charge in [0.05, 0.1) is 11.2 Å². The molecule has 1 unspecified atom stereocenters. The lowest BCUT2D eigenvalue weighted by Crippen LogP contribution is -2.55. The van der Waals surface area contributed by atoms with E-state index in [1.165, 1.54) is 49.2 Å². The molecule has 1 aromatic rings. The lowest BCUT2D eigenvalue weighted by molar-refractivity contribution is 0.0569. The van der Waals surface area contributed by atoms with E-state index in [4.69, 9.17) is 4.98 Å². The lowest BCUT2D eigenvalue weighted by Gasteiger charge is -2.50. The van der Waals surface area contributed by atoms with Gasteiger partial charge >= 0.3 is 0 Å². The van der Waals surface area contributed by atoms with E-state index < -0.39 is 0 Å². The first-order valence-corrected chi connectivity index (χ1v) is 9.06. The Morgan fingerprint density at radius 3 is 2.50 bits per heavy atom. The molecule has 0 bridgehead atoms. The maximum atomic E-state index is 5.04. The van der Waals surface area contributed by atoms with Crippen molar-refractivity contribution in [2.45, 2.75) is 83.7 Å². The number of hydrogen-bond acceptors (Lipinski definition) is 3. The van der Waals surface area contributed by atoms with Gasteiger partial charge in [-0.3, -0.25) is 0 Å². The van der Waals surface area contributed by atoms with Gasteiger partial charge in [-0.15, -0.1) is 11.3 Å². The van der Waals surface area contributed by atoms with Crippen LogP contribution in [0, 0.1) is 5.41 Å². The molecule has 0 saturated heterocycles. The van der Waals surface area contributed by atoms with Crippen molar-refractivity contribution in [2.75, 3.05) is 0 Å². The number of aromatic nitrogens is 1. The Labute approximate surface area is 127 Å². The van der Waals surface area contributed by atoms with E-state index in [9.17, 15) is 0 Å². The molecule has 0 aliphatic heterocycles. The summed E-state index contributed by atoms with van der Waals surface area (Å²) in [5.74, 6) is 0.532. The lowest BCUT2D eigenvalue weighted by atomic mass is 9.63. The Kier molecular flexibility index (Phi) is 3.70. The quantitative estimate of drug-likeness (QED) is 0.861. The molecule has 1 heterocycles. The summed E-state index contributed by atoms with van der Waals surface area (Å²) in [4.78, 5) is 5.04.